The van der Waals surface area contributed by atoms with Crippen molar-refractivity contribution in [1.82, 2.24) is 0 Å². The van der Waals surface area contributed by atoms with Crippen molar-refractivity contribution < 1.29 is 24.0 Å². The first-order valence-corrected chi connectivity index (χ1v) is 11.0. The molecule has 0 spiro atoms. The van der Waals surface area contributed by atoms with Gasteiger partial charge in [-0.3, -0.25) is 4.79 Å². The highest BCUT2D eigenvalue weighted by Crippen LogP contribution is 2.27. The lowest BCUT2D eigenvalue weighted by Crippen LogP contribution is -3.15. The molecule has 1 aliphatic rings. The molecule has 0 atom stereocenters. The summed E-state index contributed by atoms with van der Waals surface area (Å²) in [4.78, 5) is 27.9. The second kappa shape index (κ2) is 11.4. The van der Waals surface area contributed by atoms with Gasteiger partial charge in [0.1, 0.15) is 5.75 Å². The van der Waals surface area contributed by atoms with Crippen molar-refractivity contribution in [2.24, 2.45) is 0 Å². The van der Waals surface area contributed by atoms with Gasteiger partial charge in [0, 0.05) is 5.69 Å². The molecular weight excluding hydrogens is 394 g/mol. The number of piperazine rings is 1. The summed E-state index contributed by atoms with van der Waals surface area (Å²) < 4.78 is 10.9. The molecule has 1 heterocycles. The van der Waals surface area contributed by atoms with Gasteiger partial charge in [0.15, 0.2) is 6.54 Å². The molecular formula is C24H32N3O4+. The number of benzene rings is 2. The lowest BCUT2D eigenvalue weighted by atomic mass is 10.2. The Morgan fingerprint density at radius 2 is 1.74 bits per heavy atom. The van der Waals surface area contributed by atoms with Crippen molar-refractivity contribution in [3.8, 4) is 5.75 Å². The quantitative estimate of drug-likeness (QED) is 0.600. The van der Waals surface area contributed by atoms with Crippen LogP contribution in [0.2, 0.25) is 0 Å². The highest BCUT2D eigenvalue weighted by atomic mass is 16.5. The van der Waals surface area contributed by atoms with Crippen LogP contribution in [0.1, 0.15) is 30.6 Å². The summed E-state index contributed by atoms with van der Waals surface area (Å²) in [6.45, 7) is 8.93. The monoisotopic (exact) mass is 426 g/mol. The van der Waals surface area contributed by atoms with Crippen molar-refractivity contribution in [2.75, 3.05) is 56.2 Å². The summed E-state index contributed by atoms with van der Waals surface area (Å²) in [6.07, 6.45) is 0.787. The number of amides is 1. The van der Waals surface area contributed by atoms with Gasteiger partial charge in [0.05, 0.1) is 50.6 Å². The first-order chi connectivity index (χ1) is 15.1. The van der Waals surface area contributed by atoms with Crippen LogP contribution in [0.3, 0.4) is 0 Å². The Labute approximate surface area is 183 Å². The first-order valence-electron chi connectivity index (χ1n) is 11.0. The Balaban J connectivity index is 1.46. The molecule has 1 amide bonds. The van der Waals surface area contributed by atoms with Crippen molar-refractivity contribution in [3.63, 3.8) is 0 Å². The van der Waals surface area contributed by atoms with E-state index in [0.29, 0.717) is 31.0 Å². The topological polar surface area (TPSA) is 72.3 Å². The van der Waals surface area contributed by atoms with Gasteiger partial charge in [-0.1, -0.05) is 19.1 Å². The highest BCUT2D eigenvalue weighted by Gasteiger charge is 2.24. The van der Waals surface area contributed by atoms with E-state index < -0.39 is 0 Å². The second-order valence-electron chi connectivity index (χ2n) is 7.58. The molecule has 1 saturated heterocycles. The number of carbonyl (C=O) groups is 2. The molecule has 1 fully saturated rings. The molecule has 166 valence electrons. The van der Waals surface area contributed by atoms with Crippen molar-refractivity contribution in [1.29, 1.82) is 0 Å². The second-order valence-corrected chi connectivity index (χ2v) is 7.58. The van der Waals surface area contributed by atoms with Crippen LogP contribution in [-0.4, -0.2) is 57.8 Å². The number of esters is 1. The Hall–Kier alpha value is -3.06. The van der Waals surface area contributed by atoms with Crippen molar-refractivity contribution in [3.05, 3.63) is 54.1 Å². The maximum atomic E-state index is 12.5. The molecule has 7 heteroatoms. The van der Waals surface area contributed by atoms with Gasteiger partial charge in [0.2, 0.25) is 0 Å². The molecule has 1 aliphatic heterocycles. The number of quaternary nitrogens is 1. The number of rotatable bonds is 9. The number of hydrogen-bond acceptors (Lipinski definition) is 5. The molecule has 0 bridgehead atoms. The largest absolute Gasteiger partial charge is 0.492 e. The minimum absolute atomic E-state index is 0.0283. The van der Waals surface area contributed by atoms with E-state index in [1.807, 2.05) is 32.0 Å². The van der Waals surface area contributed by atoms with Crippen LogP contribution in [0, 0.1) is 0 Å². The average molecular weight is 427 g/mol. The van der Waals surface area contributed by atoms with E-state index in [1.165, 1.54) is 4.90 Å². The van der Waals surface area contributed by atoms with Gasteiger partial charge in [-0.25, -0.2) is 4.79 Å². The predicted octanol–water partition coefficient (Wildman–Crippen LogP) is 2.00. The van der Waals surface area contributed by atoms with E-state index in [0.717, 1.165) is 44.0 Å². The lowest BCUT2D eigenvalue weighted by Gasteiger charge is -2.34. The molecule has 3 rings (SSSR count). The van der Waals surface area contributed by atoms with E-state index >= 15 is 0 Å². The van der Waals surface area contributed by atoms with Crippen LogP contribution in [0.25, 0.3) is 0 Å². The molecule has 0 saturated carbocycles. The summed E-state index contributed by atoms with van der Waals surface area (Å²) in [7, 11) is 0. The normalized spacial score (nSPS) is 14.2. The zero-order valence-corrected chi connectivity index (χ0v) is 18.4. The maximum absolute atomic E-state index is 12.5. The van der Waals surface area contributed by atoms with E-state index in [-0.39, 0.29) is 11.9 Å². The third-order valence-electron chi connectivity index (χ3n) is 5.23. The fraction of sp³-hybridized carbons (Fsp3) is 0.417. The predicted molar refractivity (Wildman–Crippen MR) is 121 cm³/mol. The Bertz CT molecular complexity index is 861. The van der Waals surface area contributed by atoms with Crippen LogP contribution in [0.4, 0.5) is 11.4 Å². The van der Waals surface area contributed by atoms with E-state index in [2.05, 4.69) is 16.3 Å². The van der Waals surface area contributed by atoms with Crippen molar-refractivity contribution in [2.45, 2.75) is 20.3 Å². The maximum Gasteiger partial charge on any atom is 0.338 e. The van der Waals surface area contributed by atoms with Crippen LogP contribution in [0.15, 0.2) is 48.5 Å². The fourth-order valence-electron chi connectivity index (χ4n) is 3.64. The standard InChI is InChI=1S/C24H31N3O4/c1-3-17-31-24(29)19-9-11-20(12-10-19)25-23(28)18-26-13-15-27(16-14-26)21-7-5-6-8-22(21)30-4-2/h5-12H,3-4,13-18H2,1-2H3,(H,25,28)/p+1. The number of para-hydroxylation sites is 2. The zero-order chi connectivity index (χ0) is 22.1. The molecule has 7 nitrogen and oxygen atoms in total. The number of nitrogens with one attached hydrogen (secondary N) is 2. The number of anilines is 2. The molecule has 0 aliphatic carbocycles. The third kappa shape index (κ3) is 6.46. The number of hydrogen-bond donors (Lipinski definition) is 2. The highest BCUT2D eigenvalue weighted by molar-refractivity contribution is 5.93. The number of carbonyl (C=O) groups excluding carboxylic acids is 2. The first kappa shape index (κ1) is 22.6. The third-order valence-corrected chi connectivity index (χ3v) is 5.23. The lowest BCUT2D eigenvalue weighted by molar-refractivity contribution is -0.892. The van der Waals surface area contributed by atoms with Gasteiger partial charge in [0.25, 0.3) is 5.91 Å². The minimum Gasteiger partial charge on any atom is -0.492 e. The minimum atomic E-state index is -0.340. The summed E-state index contributed by atoms with van der Waals surface area (Å²) in [5.74, 6) is 0.542. The number of ether oxygens (including phenoxy) is 2. The number of nitrogens with zero attached hydrogens (tertiary/aromatic N) is 1. The van der Waals surface area contributed by atoms with E-state index in [9.17, 15) is 9.59 Å². The van der Waals surface area contributed by atoms with Gasteiger partial charge >= 0.3 is 5.97 Å². The molecule has 0 radical (unpaired) electrons. The van der Waals surface area contributed by atoms with Crippen molar-refractivity contribution >= 4 is 23.3 Å². The fourth-order valence-corrected chi connectivity index (χ4v) is 3.64. The van der Waals surface area contributed by atoms with Gasteiger partial charge < -0.3 is 24.6 Å². The Morgan fingerprint density at radius 1 is 1.03 bits per heavy atom. The van der Waals surface area contributed by atoms with Crippen LogP contribution < -0.4 is 19.9 Å². The summed E-state index contributed by atoms with van der Waals surface area (Å²) >= 11 is 0. The molecule has 2 aromatic rings. The van der Waals surface area contributed by atoms with Crippen LogP contribution >= 0.6 is 0 Å². The van der Waals surface area contributed by atoms with Crippen LogP contribution in [0.5, 0.6) is 5.75 Å². The summed E-state index contributed by atoms with van der Waals surface area (Å²) in [5.41, 5.74) is 2.28. The smallest absolute Gasteiger partial charge is 0.338 e. The summed E-state index contributed by atoms with van der Waals surface area (Å²) in [6, 6.07) is 14.9. The van der Waals surface area contributed by atoms with Gasteiger partial charge in [-0.2, -0.15) is 0 Å². The van der Waals surface area contributed by atoms with E-state index in [1.54, 1.807) is 24.3 Å². The zero-order valence-electron chi connectivity index (χ0n) is 18.4. The molecule has 31 heavy (non-hydrogen) atoms. The van der Waals surface area contributed by atoms with Gasteiger partial charge in [-0.05, 0) is 49.7 Å². The SMILES string of the molecule is CCCOC(=O)c1ccc(NC(=O)C[NH+]2CCN(c3ccccc3OCC)CC2)cc1. The van der Waals surface area contributed by atoms with E-state index in [4.69, 9.17) is 9.47 Å². The van der Waals surface area contributed by atoms with Gasteiger partial charge in [-0.15, -0.1) is 0 Å². The Kier molecular flexibility index (Phi) is 8.29. The molecule has 0 aromatic heterocycles. The van der Waals surface area contributed by atoms with Crippen LogP contribution in [-0.2, 0) is 9.53 Å². The Morgan fingerprint density at radius 3 is 2.42 bits per heavy atom. The average Bonchev–Trinajstić information content (AvgIpc) is 2.79. The summed E-state index contributed by atoms with van der Waals surface area (Å²) in [5, 5.41) is 2.92. The molecule has 0 unspecified atom stereocenters. The molecule has 2 aromatic carbocycles. The molecule has 2 N–H and O–H groups in total.